The number of nitrogens with zero attached hydrogens (tertiary/aromatic N) is 1. The van der Waals surface area contributed by atoms with Gasteiger partial charge in [-0.2, -0.15) is 0 Å². The Kier molecular flexibility index (Phi) is 5.26. The number of hydrogen-bond donors (Lipinski definition) is 3. The lowest BCUT2D eigenvalue weighted by Gasteiger charge is -2.12. The number of aromatic nitrogens is 1. The third-order valence-electron chi connectivity index (χ3n) is 3.35. The lowest BCUT2D eigenvalue weighted by molar-refractivity contribution is -0.116. The van der Waals surface area contributed by atoms with Crippen LogP contribution in [0.3, 0.4) is 0 Å². The summed E-state index contributed by atoms with van der Waals surface area (Å²) < 4.78 is 0. The minimum Gasteiger partial charge on any atom is -0.366 e. The summed E-state index contributed by atoms with van der Waals surface area (Å²) in [5.41, 5.74) is 11.6. The van der Waals surface area contributed by atoms with Crippen LogP contribution >= 0.6 is 0 Å². The molecular weight excluding hydrogens is 308 g/mol. The second-order valence-corrected chi connectivity index (χ2v) is 5.16. The monoisotopic (exact) mass is 326 g/mol. The average molecular weight is 326 g/mol. The van der Waals surface area contributed by atoms with E-state index in [0.717, 1.165) is 0 Å². The second kappa shape index (κ2) is 7.36. The largest absolute Gasteiger partial charge is 0.366 e. The number of hydrogen-bond acceptors (Lipinski definition) is 4. The van der Waals surface area contributed by atoms with Gasteiger partial charge in [-0.25, -0.2) is 4.98 Å². The van der Waals surface area contributed by atoms with E-state index in [-0.39, 0.29) is 22.6 Å². The Morgan fingerprint density at radius 1 is 1.00 bits per heavy atom. The molecular formula is C17H18N4O3. The van der Waals surface area contributed by atoms with Crippen molar-refractivity contribution in [3.8, 4) is 11.3 Å². The van der Waals surface area contributed by atoms with Crippen LogP contribution in [0, 0.1) is 0 Å². The molecule has 5 N–H and O–H groups in total. The van der Waals surface area contributed by atoms with Crippen molar-refractivity contribution in [2.75, 3.05) is 5.32 Å². The highest BCUT2D eigenvalue weighted by atomic mass is 16.2. The van der Waals surface area contributed by atoms with Crippen molar-refractivity contribution < 1.29 is 14.4 Å². The first-order chi connectivity index (χ1) is 11.4. The van der Waals surface area contributed by atoms with Gasteiger partial charge < -0.3 is 16.8 Å². The summed E-state index contributed by atoms with van der Waals surface area (Å²) >= 11 is 0. The molecule has 1 heterocycles. The fourth-order valence-electron chi connectivity index (χ4n) is 2.31. The lowest BCUT2D eigenvalue weighted by Crippen LogP contribution is -2.18. The van der Waals surface area contributed by atoms with Gasteiger partial charge in [0.2, 0.25) is 17.7 Å². The van der Waals surface area contributed by atoms with Gasteiger partial charge in [-0.15, -0.1) is 0 Å². The van der Waals surface area contributed by atoms with E-state index in [9.17, 15) is 14.4 Å². The molecule has 1 aromatic heterocycles. The average Bonchev–Trinajstić information content (AvgIpc) is 2.54. The van der Waals surface area contributed by atoms with Crippen LogP contribution in [0.1, 0.15) is 40.5 Å². The molecule has 0 bridgehead atoms. The van der Waals surface area contributed by atoms with E-state index < -0.39 is 11.8 Å². The van der Waals surface area contributed by atoms with Crippen molar-refractivity contribution in [1.82, 2.24) is 4.98 Å². The number of amides is 3. The molecule has 0 radical (unpaired) electrons. The first-order valence-electron chi connectivity index (χ1n) is 7.44. The summed E-state index contributed by atoms with van der Waals surface area (Å²) in [5.74, 6) is -1.24. The summed E-state index contributed by atoms with van der Waals surface area (Å²) in [5, 5.41) is 2.67. The van der Waals surface area contributed by atoms with Crippen LogP contribution in [-0.2, 0) is 4.79 Å². The van der Waals surface area contributed by atoms with Gasteiger partial charge in [-0.1, -0.05) is 19.1 Å². The minimum absolute atomic E-state index is 0.135. The number of carbonyl (C=O) groups excluding carboxylic acids is 3. The molecule has 0 saturated carbocycles. The van der Waals surface area contributed by atoms with Gasteiger partial charge in [0.15, 0.2) is 0 Å². The molecule has 0 spiro atoms. The predicted octanol–water partition coefficient (Wildman–Crippen LogP) is 1.69. The summed E-state index contributed by atoms with van der Waals surface area (Å²) in [6.07, 6.45) is 1.08. The number of carbonyl (C=O) groups is 3. The molecule has 0 unspecified atom stereocenters. The first kappa shape index (κ1) is 17.1. The topological polar surface area (TPSA) is 128 Å². The molecule has 2 rings (SSSR count). The number of anilines is 1. The Hall–Kier alpha value is -3.22. The van der Waals surface area contributed by atoms with E-state index in [0.29, 0.717) is 24.4 Å². The second-order valence-electron chi connectivity index (χ2n) is 5.16. The molecule has 0 fully saturated rings. The zero-order valence-corrected chi connectivity index (χ0v) is 13.2. The van der Waals surface area contributed by atoms with E-state index in [1.54, 1.807) is 18.2 Å². The smallest absolute Gasteiger partial charge is 0.249 e. The Morgan fingerprint density at radius 2 is 1.58 bits per heavy atom. The minimum atomic E-state index is -0.699. The van der Waals surface area contributed by atoms with Crippen molar-refractivity contribution in [3.63, 3.8) is 0 Å². The summed E-state index contributed by atoms with van der Waals surface area (Å²) in [6, 6.07) is 9.41. The maximum absolute atomic E-state index is 11.7. The van der Waals surface area contributed by atoms with Gasteiger partial charge in [0.1, 0.15) is 5.82 Å². The Bertz CT molecular complexity index is 770. The van der Waals surface area contributed by atoms with Crippen LogP contribution < -0.4 is 16.8 Å². The molecule has 0 aliphatic carbocycles. The molecule has 0 aliphatic rings. The highest BCUT2D eigenvalue weighted by Gasteiger charge is 2.19. The highest BCUT2D eigenvalue weighted by molar-refractivity contribution is 6.07. The molecule has 2 aromatic rings. The van der Waals surface area contributed by atoms with E-state index in [1.807, 2.05) is 6.92 Å². The molecule has 1 aromatic carbocycles. The van der Waals surface area contributed by atoms with Crippen LogP contribution in [-0.4, -0.2) is 22.7 Å². The van der Waals surface area contributed by atoms with Gasteiger partial charge in [0.05, 0.1) is 5.69 Å². The number of nitrogens with two attached hydrogens (primary N) is 2. The van der Waals surface area contributed by atoms with Gasteiger partial charge in [-0.05, 0) is 30.7 Å². The molecule has 7 heteroatoms. The third-order valence-corrected chi connectivity index (χ3v) is 3.35. The predicted molar refractivity (Wildman–Crippen MR) is 90.2 cm³/mol. The molecule has 3 amide bonds. The van der Waals surface area contributed by atoms with Gasteiger partial charge in [0, 0.05) is 23.1 Å². The van der Waals surface area contributed by atoms with Crippen LogP contribution in [0.2, 0.25) is 0 Å². The fourth-order valence-corrected chi connectivity index (χ4v) is 2.31. The molecule has 7 nitrogen and oxygen atoms in total. The maximum Gasteiger partial charge on any atom is 0.249 e. The molecule has 124 valence electrons. The number of pyridine rings is 1. The molecule has 0 aliphatic heterocycles. The lowest BCUT2D eigenvalue weighted by atomic mass is 9.96. The Morgan fingerprint density at radius 3 is 2.12 bits per heavy atom. The van der Waals surface area contributed by atoms with Crippen molar-refractivity contribution in [3.05, 3.63) is 47.5 Å². The maximum atomic E-state index is 11.7. The number of nitrogens with one attached hydrogen (secondary N) is 1. The number of rotatable bonds is 6. The zero-order chi connectivity index (χ0) is 17.7. The van der Waals surface area contributed by atoms with Crippen LogP contribution in [0.4, 0.5) is 5.82 Å². The first-order valence-corrected chi connectivity index (χ1v) is 7.44. The van der Waals surface area contributed by atoms with E-state index in [1.165, 1.54) is 18.2 Å². The number of primary amides is 2. The van der Waals surface area contributed by atoms with Crippen molar-refractivity contribution in [1.29, 1.82) is 0 Å². The zero-order valence-electron chi connectivity index (χ0n) is 13.2. The van der Waals surface area contributed by atoms with Crippen molar-refractivity contribution in [2.24, 2.45) is 11.5 Å². The van der Waals surface area contributed by atoms with Crippen molar-refractivity contribution >= 4 is 23.5 Å². The fraction of sp³-hybridized carbons (Fsp3) is 0.176. The molecule has 24 heavy (non-hydrogen) atoms. The van der Waals surface area contributed by atoms with Crippen LogP contribution in [0.15, 0.2) is 36.4 Å². The standard InChI is InChI=1S/C17H18N4O3/c1-2-5-14(22)21-13-9-4-8-12(20-13)15-10(16(18)23)6-3-7-11(15)17(19)24/h3-4,6-9H,2,5H2,1H3,(H2,18,23)(H2,19,24)(H,20,21,22). The third kappa shape index (κ3) is 3.75. The summed E-state index contributed by atoms with van der Waals surface area (Å²) in [7, 11) is 0. The van der Waals surface area contributed by atoms with E-state index >= 15 is 0 Å². The molecule has 0 atom stereocenters. The van der Waals surface area contributed by atoms with Gasteiger partial charge >= 0.3 is 0 Å². The van der Waals surface area contributed by atoms with Gasteiger partial charge in [0.25, 0.3) is 0 Å². The summed E-state index contributed by atoms with van der Waals surface area (Å²) in [4.78, 5) is 39.4. The quantitative estimate of drug-likeness (QED) is 0.746. The summed E-state index contributed by atoms with van der Waals surface area (Å²) in [6.45, 7) is 1.89. The number of benzene rings is 1. The van der Waals surface area contributed by atoms with Gasteiger partial charge in [-0.3, -0.25) is 14.4 Å². The van der Waals surface area contributed by atoms with E-state index in [4.69, 9.17) is 11.5 Å². The SMILES string of the molecule is CCCC(=O)Nc1cccc(-c2c(C(N)=O)cccc2C(N)=O)n1. The molecule has 0 saturated heterocycles. The highest BCUT2D eigenvalue weighted by Crippen LogP contribution is 2.27. The van der Waals surface area contributed by atoms with Crippen LogP contribution in [0.25, 0.3) is 11.3 Å². The Labute approximate surface area is 139 Å². The Balaban J connectivity index is 2.54. The van der Waals surface area contributed by atoms with Crippen LogP contribution in [0.5, 0.6) is 0 Å². The van der Waals surface area contributed by atoms with Crippen molar-refractivity contribution in [2.45, 2.75) is 19.8 Å². The van der Waals surface area contributed by atoms with E-state index in [2.05, 4.69) is 10.3 Å². The normalized spacial score (nSPS) is 10.2.